The summed E-state index contributed by atoms with van der Waals surface area (Å²) >= 11 is 4.16. The number of aromatic nitrogens is 3. The Kier molecular flexibility index (Phi) is 8.15. The number of rotatable bonds is 8. The molecule has 0 saturated heterocycles. The fourth-order valence-electron chi connectivity index (χ4n) is 3.60. The van der Waals surface area contributed by atoms with Gasteiger partial charge in [-0.2, -0.15) is 13.2 Å². The predicted octanol–water partition coefficient (Wildman–Crippen LogP) is 6.93. The first-order chi connectivity index (χ1) is 17.2. The van der Waals surface area contributed by atoms with Gasteiger partial charge in [-0.15, -0.1) is 10.2 Å². The first-order valence-electron chi connectivity index (χ1n) is 11.1. The number of benzene rings is 3. The number of hydrogen-bond acceptors (Lipinski definition) is 4. The normalized spacial score (nSPS) is 11.5. The molecule has 1 aromatic heterocycles. The molecule has 0 bridgehead atoms. The molecule has 0 fully saturated rings. The summed E-state index contributed by atoms with van der Waals surface area (Å²) in [6.45, 7) is 2.07. The third kappa shape index (κ3) is 6.36. The average Bonchev–Trinajstić information content (AvgIpc) is 3.26. The minimum atomic E-state index is -4.60. The zero-order chi connectivity index (χ0) is 25.7. The van der Waals surface area contributed by atoms with Crippen molar-refractivity contribution in [3.8, 4) is 5.69 Å². The van der Waals surface area contributed by atoms with Crippen molar-refractivity contribution >= 4 is 39.3 Å². The molecule has 0 aliphatic carbocycles. The van der Waals surface area contributed by atoms with E-state index in [1.54, 1.807) is 0 Å². The number of hydrogen-bond donors (Lipinski definition) is 1. The molecule has 0 spiro atoms. The van der Waals surface area contributed by atoms with Crippen LogP contribution in [0.5, 0.6) is 0 Å². The number of anilines is 1. The Hall–Kier alpha value is -3.11. The second-order valence-corrected chi connectivity index (χ2v) is 9.80. The summed E-state index contributed by atoms with van der Waals surface area (Å²) in [4.78, 5) is 12.6. The molecule has 3 aromatic carbocycles. The Morgan fingerprint density at radius 1 is 1.00 bits per heavy atom. The molecule has 4 rings (SSSR count). The first-order valence-corrected chi connectivity index (χ1v) is 12.9. The van der Waals surface area contributed by atoms with Gasteiger partial charge in [0.25, 0.3) is 0 Å². The van der Waals surface area contributed by atoms with Crippen LogP contribution in [-0.4, -0.2) is 26.4 Å². The molecule has 1 amide bonds. The Bertz CT molecular complexity index is 1340. The van der Waals surface area contributed by atoms with Crippen molar-refractivity contribution in [1.29, 1.82) is 0 Å². The lowest BCUT2D eigenvalue weighted by Gasteiger charge is -2.14. The molecule has 1 N–H and O–H groups in total. The number of carbonyl (C=O) groups excluding carboxylic acids is 1. The molecule has 5 nitrogen and oxygen atoms in total. The fourth-order valence-corrected chi connectivity index (χ4v) is 4.74. The molecule has 0 aliphatic rings. The van der Waals surface area contributed by atoms with Crippen LogP contribution < -0.4 is 5.32 Å². The summed E-state index contributed by atoms with van der Waals surface area (Å²) in [6, 6.07) is 21.4. The standard InChI is InChI=1S/C26H22BrF3N4OS/c1-2-17-8-11-20(12-9-17)34-23(14-18-6-4-3-5-7-18)32-33-25(34)36-16-24(35)31-22-13-10-19(27)15-21(22)26(28,29)30/h3-13,15H,2,14,16H2,1H3,(H,31,35). The molecule has 0 saturated carbocycles. The largest absolute Gasteiger partial charge is 0.418 e. The summed E-state index contributed by atoms with van der Waals surface area (Å²) in [5, 5.41) is 11.5. The van der Waals surface area contributed by atoms with Crippen molar-refractivity contribution in [2.45, 2.75) is 31.1 Å². The van der Waals surface area contributed by atoms with Crippen LogP contribution in [0.15, 0.2) is 82.4 Å². The third-order valence-electron chi connectivity index (χ3n) is 5.40. The maximum atomic E-state index is 13.4. The molecular formula is C26H22BrF3N4OS. The van der Waals surface area contributed by atoms with Crippen LogP contribution in [0.2, 0.25) is 0 Å². The molecule has 36 heavy (non-hydrogen) atoms. The van der Waals surface area contributed by atoms with E-state index in [4.69, 9.17) is 0 Å². The molecule has 1 heterocycles. The lowest BCUT2D eigenvalue weighted by atomic mass is 10.1. The van der Waals surface area contributed by atoms with Gasteiger partial charge in [0.1, 0.15) is 5.82 Å². The van der Waals surface area contributed by atoms with Crippen molar-refractivity contribution in [3.63, 3.8) is 0 Å². The average molecular weight is 575 g/mol. The van der Waals surface area contributed by atoms with Crippen LogP contribution in [0.3, 0.4) is 0 Å². The van der Waals surface area contributed by atoms with E-state index < -0.39 is 17.6 Å². The van der Waals surface area contributed by atoms with Gasteiger partial charge in [0, 0.05) is 16.6 Å². The van der Waals surface area contributed by atoms with Crippen LogP contribution in [0.1, 0.15) is 29.4 Å². The highest BCUT2D eigenvalue weighted by Gasteiger charge is 2.34. The molecule has 4 aromatic rings. The second kappa shape index (κ2) is 11.3. The summed E-state index contributed by atoms with van der Waals surface area (Å²) < 4.78 is 42.4. The molecule has 0 radical (unpaired) electrons. The topological polar surface area (TPSA) is 59.8 Å². The maximum absolute atomic E-state index is 13.4. The van der Waals surface area contributed by atoms with E-state index in [1.165, 1.54) is 17.7 Å². The predicted molar refractivity (Wildman–Crippen MR) is 138 cm³/mol. The number of amides is 1. The van der Waals surface area contributed by atoms with Crippen LogP contribution in [0.4, 0.5) is 18.9 Å². The van der Waals surface area contributed by atoms with Crippen molar-refractivity contribution in [2.75, 3.05) is 11.1 Å². The summed E-state index contributed by atoms with van der Waals surface area (Å²) in [5.41, 5.74) is 1.87. The zero-order valence-corrected chi connectivity index (χ0v) is 21.6. The monoisotopic (exact) mass is 574 g/mol. The number of aryl methyl sites for hydroxylation is 1. The Labute approximate surface area is 219 Å². The number of nitrogens with one attached hydrogen (secondary N) is 1. The van der Waals surface area contributed by atoms with Crippen molar-refractivity contribution in [3.05, 3.63) is 99.8 Å². The Morgan fingerprint density at radius 3 is 2.39 bits per heavy atom. The molecule has 0 atom stereocenters. The highest BCUT2D eigenvalue weighted by atomic mass is 79.9. The van der Waals surface area contributed by atoms with E-state index in [9.17, 15) is 18.0 Å². The maximum Gasteiger partial charge on any atom is 0.418 e. The van der Waals surface area contributed by atoms with Crippen molar-refractivity contribution < 1.29 is 18.0 Å². The molecule has 0 unspecified atom stereocenters. The zero-order valence-electron chi connectivity index (χ0n) is 19.2. The molecular weight excluding hydrogens is 553 g/mol. The van der Waals surface area contributed by atoms with Gasteiger partial charge >= 0.3 is 6.18 Å². The summed E-state index contributed by atoms with van der Waals surface area (Å²) in [6.07, 6.45) is -3.17. The van der Waals surface area contributed by atoms with Crippen LogP contribution in [-0.2, 0) is 23.8 Å². The number of halogens is 4. The summed E-state index contributed by atoms with van der Waals surface area (Å²) in [7, 11) is 0. The van der Waals surface area contributed by atoms with E-state index in [-0.39, 0.29) is 15.9 Å². The van der Waals surface area contributed by atoms with Gasteiger partial charge in [-0.3, -0.25) is 9.36 Å². The minimum absolute atomic E-state index is 0.135. The number of thioether (sulfide) groups is 1. The fraction of sp³-hybridized carbons (Fsp3) is 0.192. The van der Waals surface area contributed by atoms with E-state index in [2.05, 4.69) is 38.4 Å². The number of carbonyl (C=O) groups is 1. The van der Waals surface area contributed by atoms with E-state index in [1.807, 2.05) is 59.2 Å². The van der Waals surface area contributed by atoms with Crippen LogP contribution in [0, 0.1) is 0 Å². The lowest BCUT2D eigenvalue weighted by Crippen LogP contribution is -2.18. The van der Waals surface area contributed by atoms with E-state index in [0.29, 0.717) is 17.4 Å². The van der Waals surface area contributed by atoms with Gasteiger partial charge in [-0.1, -0.05) is 77.1 Å². The van der Waals surface area contributed by atoms with E-state index >= 15 is 0 Å². The molecule has 10 heteroatoms. The van der Waals surface area contributed by atoms with Gasteiger partial charge in [0.05, 0.1) is 17.0 Å². The third-order valence-corrected chi connectivity index (χ3v) is 6.82. The SMILES string of the molecule is CCc1ccc(-n2c(Cc3ccccc3)nnc2SCC(=O)Nc2ccc(Br)cc2C(F)(F)F)cc1. The number of nitrogens with zero attached hydrogens (tertiary/aromatic N) is 3. The Morgan fingerprint density at radius 2 is 1.72 bits per heavy atom. The van der Waals surface area contributed by atoms with Gasteiger partial charge in [0.2, 0.25) is 5.91 Å². The summed E-state index contributed by atoms with van der Waals surface area (Å²) in [5.74, 6) is -0.0157. The Balaban J connectivity index is 1.56. The quantitative estimate of drug-likeness (QED) is 0.232. The van der Waals surface area contributed by atoms with Gasteiger partial charge in [-0.25, -0.2) is 0 Å². The smallest absolute Gasteiger partial charge is 0.325 e. The van der Waals surface area contributed by atoms with Gasteiger partial charge < -0.3 is 5.32 Å². The van der Waals surface area contributed by atoms with Crippen molar-refractivity contribution in [1.82, 2.24) is 14.8 Å². The second-order valence-electron chi connectivity index (χ2n) is 7.94. The van der Waals surface area contributed by atoms with Gasteiger partial charge in [-0.05, 0) is 47.9 Å². The first kappa shape index (κ1) is 26.0. The highest BCUT2D eigenvalue weighted by Crippen LogP contribution is 2.36. The van der Waals surface area contributed by atoms with E-state index in [0.717, 1.165) is 35.5 Å². The van der Waals surface area contributed by atoms with Crippen molar-refractivity contribution in [2.24, 2.45) is 0 Å². The molecule has 186 valence electrons. The van der Waals surface area contributed by atoms with Crippen LogP contribution in [0.25, 0.3) is 5.69 Å². The number of alkyl halides is 3. The van der Waals surface area contributed by atoms with Gasteiger partial charge in [0.15, 0.2) is 5.16 Å². The minimum Gasteiger partial charge on any atom is -0.325 e. The van der Waals surface area contributed by atoms with Crippen LogP contribution >= 0.6 is 27.7 Å². The molecule has 0 aliphatic heterocycles. The highest BCUT2D eigenvalue weighted by molar-refractivity contribution is 9.10. The lowest BCUT2D eigenvalue weighted by molar-refractivity contribution is -0.137.